The largest absolute Gasteiger partial charge is 0.454 e. The highest BCUT2D eigenvalue weighted by molar-refractivity contribution is 6.14. The van der Waals surface area contributed by atoms with E-state index in [2.05, 4.69) is 29.7 Å². The first kappa shape index (κ1) is 19.2. The van der Waals surface area contributed by atoms with Crippen LogP contribution >= 0.6 is 0 Å². The number of furan rings is 1. The summed E-state index contributed by atoms with van der Waals surface area (Å²) in [7, 11) is 2.00. The number of pyridine rings is 1. The van der Waals surface area contributed by atoms with Gasteiger partial charge < -0.3 is 4.42 Å². The fourth-order valence-electron chi connectivity index (χ4n) is 6.56. The van der Waals surface area contributed by atoms with E-state index in [0.717, 1.165) is 59.7 Å². The Morgan fingerprint density at radius 1 is 0.868 bits per heavy atom. The van der Waals surface area contributed by atoms with Crippen molar-refractivity contribution in [2.24, 2.45) is 18.9 Å². The third kappa shape index (κ3) is 3.58. The lowest BCUT2D eigenvalue weighted by atomic mass is 9.78. The molecule has 2 heterocycles. The van der Waals surface area contributed by atoms with E-state index in [-0.39, 0.29) is 5.92 Å². The monoisotopic (exact) mass is 501 g/mol. The van der Waals surface area contributed by atoms with Crippen LogP contribution in [-0.4, -0.2) is 0 Å². The molecule has 0 spiro atoms. The standard InChI is InChI=1S/C35H33N2O/c1-22-14-16-28-29-17-15-25(21-36)33(35(29)38-34(28)32(22)31-13-6-7-18-37(31)2)27-12-8-11-24-19-26(20-30(24)27)23-9-4-3-5-10-23/h6-8,11-18,23,26H,3-5,9-10,19-20H2,1-2H3/q+1/i19D2,20D2. The molecule has 2 aromatic heterocycles. The molecule has 1 unspecified atom stereocenters. The number of aryl methyl sites for hydroxylation is 2. The molecule has 0 saturated heterocycles. The molecular weight excluding hydrogens is 464 g/mol. The normalized spacial score (nSPS) is 21.9. The molecule has 38 heavy (non-hydrogen) atoms. The SMILES string of the molecule is [2H]C1([2H])c2cccc(-c3c(C#N)ccc4c3oc3c(-c5cccc[n+]5C)c(C)ccc34)c2C([2H])([2H])C1C1CCCCC1. The molecule has 0 amide bonds. The Balaban J connectivity index is 1.53. The van der Waals surface area contributed by atoms with Gasteiger partial charge in [-0.25, -0.2) is 4.57 Å². The molecule has 0 bridgehead atoms. The van der Waals surface area contributed by atoms with Crippen molar-refractivity contribution in [2.45, 2.75) is 51.8 Å². The van der Waals surface area contributed by atoms with Crippen LogP contribution in [0.5, 0.6) is 0 Å². The molecule has 2 aliphatic carbocycles. The summed E-state index contributed by atoms with van der Waals surface area (Å²) in [5.74, 6) is -0.812. The van der Waals surface area contributed by atoms with Gasteiger partial charge in [-0.1, -0.05) is 62.4 Å². The van der Waals surface area contributed by atoms with Crippen LogP contribution in [0.15, 0.2) is 71.3 Å². The number of hydrogen-bond donors (Lipinski definition) is 0. The quantitative estimate of drug-likeness (QED) is 0.234. The van der Waals surface area contributed by atoms with Gasteiger partial charge in [0.05, 0.1) is 17.2 Å². The predicted octanol–water partition coefficient (Wildman–Crippen LogP) is 8.22. The Morgan fingerprint density at radius 3 is 2.45 bits per heavy atom. The number of rotatable bonds is 3. The van der Waals surface area contributed by atoms with Gasteiger partial charge in [0.25, 0.3) is 0 Å². The first-order chi connectivity index (χ1) is 20.2. The highest BCUT2D eigenvalue weighted by Gasteiger charge is 2.32. The number of aromatic nitrogens is 1. The molecule has 2 aliphatic rings. The molecule has 0 radical (unpaired) electrons. The van der Waals surface area contributed by atoms with Crippen molar-refractivity contribution in [1.82, 2.24) is 0 Å². The Kier molecular flexibility index (Phi) is 4.62. The summed E-state index contributed by atoms with van der Waals surface area (Å²) >= 11 is 0. The van der Waals surface area contributed by atoms with Crippen LogP contribution in [0.4, 0.5) is 0 Å². The first-order valence-corrected chi connectivity index (χ1v) is 13.6. The van der Waals surface area contributed by atoms with E-state index in [1.165, 1.54) is 0 Å². The van der Waals surface area contributed by atoms with E-state index in [1.807, 2.05) is 43.6 Å². The summed E-state index contributed by atoms with van der Waals surface area (Å²) in [5, 5.41) is 12.1. The van der Waals surface area contributed by atoms with E-state index in [4.69, 9.17) is 4.42 Å². The summed E-state index contributed by atoms with van der Waals surface area (Å²) in [5.41, 5.74) is 6.50. The average Bonchev–Trinajstić information content (AvgIpc) is 3.42. The zero-order chi connectivity index (χ0) is 29.4. The average molecular weight is 502 g/mol. The van der Waals surface area contributed by atoms with Gasteiger partial charge in [0.1, 0.15) is 18.2 Å². The van der Waals surface area contributed by atoms with Crippen LogP contribution in [0.3, 0.4) is 0 Å². The highest BCUT2D eigenvalue weighted by Crippen LogP contribution is 2.46. The van der Waals surface area contributed by atoms with Crippen molar-refractivity contribution in [1.29, 1.82) is 5.26 Å². The van der Waals surface area contributed by atoms with Crippen LogP contribution in [0.1, 0.15) is 59.8 Å². The molecule has 5 aromatic rings. The minimum absolute atomic E-state index is 0.0291. The maximum Gasteiger partial charge on any atom is 0.216 e. The number of nitriles is 1. The molecular formula is C35H33N2O+. The lowest BCUT2D eigenvalue weighted by Crippen LogP contribution is -2.30. The molecule has 188 valence electrons. The van der Waals surface area contributed by atoms with E-state index >= 15 is 0 Å². The van der Waals surface area contributed by atoms with Crippen molar-refractivity contribution >= 4 is 21.9 Å². The van der Waals surface area contributed by atoms with Gasteiger partial charge >= 0.3 is 0 Å². The van der Waals surface area contributed by atoms with Crippen LogP contribution < -0.4 is 4.57 Å². The molecule has 1 saturated carbocycles. The summed E-state index contributed by atoms with van der Waals surface area (Å²) in [6, 6.07) is 21.6. The topological polar surface area (TPSA) is 40.8 Å². The Morgan fingerprint density at radius 2 is 1.66 bits per heavy atom. The first-order valence-electron chi connectivity index (χ1n) is 15.6. The number of hydrogen-bond acceptors (Lipinski definition) is 2. The Bertz CT molecular complexity index is 1930. The molecule has 1 fully saturated rings. The maximum absolute atomic E-state index is 10.3. The van der Waals surface area contributed by atoms with Crippen molar-refractivity contribution in [3.8, 4) is 28.5 Å². The maximum atomic E-state index is 10.3. The summed E-state index contributed by atoms with van der Waals surface area (Å²) in [6.45, 7) is 2.06. The number of benzene rings is 3. The summed E-state index contributed by atoms with van der Waals surface area (Å²) in [4.78, 5) is 0. The van der Waals surface area contributed by atoms with Gasteiger partial charge in [0, 0.05) is 34.0 Å². The third-order valence-electron chi connectivity index (χ3n) is 8.52. The zero-order valence-electron chi connectivity index (χ0n) is 25.8. The molecule has 3 nitrogen and oxygen atoms in total. The van der Waals surface area contributed by atoms with Crippen LogP contribution in [0, 0.1) is 30.1 Å². The minimum Gasteiger partial charge on any atom is -0.454 e. The van der Waals surface area contributed by atoms with Crippen molar-refractivity contribution in [2.75, 3.05) is 0 Å². The van der Waals surface area contributed by atoms with Gasteiger partial charge in [-0.15, -0.1) is 0 Å². The molecule has 0 aliphatic heterocycles. The Labute approximate surface area is 230 Å². The second kappa shape index (κ2) is 9.14. The van der Waals surface area contributed by atoms with Gasteiger partial charge in [-0.05, 0) is 72.0 Å². The zero-order valence-corrected chi connectivity index (χ0v) is 21.8. The van der Waals surface area contributed by atoms with E-state index in [1.54, 1.807) is 18.2 Å². The van der Waals surface area contributed by atoms with E-state index in [9.17, 15) is 10.7 Å². The minimum atomic E-state index is -1.90. The van der Waals surface area contributed by atoms with Crippen LogP contribution in [0.2, 0.25) is 0 Å². The number of nitrogens with zero attached hydrogens (tertiary/aromatic N) is 2. The van der Waals surface area contributed by atoms with E-state index < -0.39 is 18.7 Å². The molecule has 3 heteroatoms. The third-order valence-corrected chi connectivity index (χ3v) is 8.52. The van der Waals surface area contributed by atoms with E-state index in [0.29, 0.717) is 39.0 Å². The van der Waals surface area contributed by atoms with Crippen LogP contribution in [0.25, 0.3) is 44.3 Å². The highest BCUT2D eigenvalue weighted by atomic mass is 16.3. The predicted molar refractivity (Wildman–Crippen MR) is 153 cm³/mol. The number of fused-ring (bicyclic) bond motifs is 4. The Hall–Kier alpha value is -3.90. The van der Waals surface area contributed by atoms with Gasteiger partial charge in [0.15, 0.2) is 6.20 Å². The molecule has 0 N–H and O–H groups in total. The summed E-state index contributed by atoms with van der Waals surface area (Å²) < 4.78 is 46.2. The lowest BCUT2D eigenvalue weighted by Gasteiger charge is -2.27. The molecule has 7 rings (SSSR count). The molecule has 3 aromatic carbocycles. The fraction of sp³-hybridized carbons (Fsp3) is 0.314. The van der Waals surface area contributed by atoms with Crippen molar-refractivity contribution in [3.05, 3.63) is 89.1 Å². The second-order valence-corrected chi connectivity index (χ2v) is 10.8. The van der Waals surface area contributed by atoms with Crippen molar-refractivity contribution < 1.29 is 14.5 Å². The molecule has 1 atom stereocenters. The lowest BCUT2D eigenvalue weighted by molar-refractivity contribution is -0.660. The van der Waals surface area contributed by atoms with Crippen molar-refractivity contribution in [3.63, 3.8) is 0 Å². The van der Waals surface area contributed by atoms with Gasteiger partial charge in [-0.3, -0.25) is 0 Å². The van der Waals surface area contributed by atoms with Crippen LogP contribution in [-0.2, 0) is 19.8 Å². The smallest absolute Gasteiger partial charge is 0.216 e. The van der Waals surface area contributed by atoms with Gasteiger partial charge in [-0.2, -0.15) is 5.26 Å². The van der Waals surface area contributed by atoms with Gasteiger partial charge in [0.2, 0.25) is 5.69 Å². The second-order valence-electron chi connectivity index (χ2n) is 10.8. The fourth-order valence-corrected chi connectivity index (χ4v) is 6.56. The summed E-state index contributed by atoms with van der Waals surface area (Å²) in [6.07, 6.45) is 3.10.